The Morgan fingerprint density at radius 3 is 2.79 bits per heavy atom. The Morgan fingerprint density at radius 1 is 1.36 bits per heavy atom. The first-order valence-electron chi connectivity index (χ1n) is 4.84. The maximum Gasteiger partial charge on any atom is 0.122 e. The van der Waals surface area contributed by atoms with Crippen LogP contribution in [0.15, 0.2) is 18.2 Å². The van der Waals surface area contributed by atoms with Gasteiger partial charge in [0, 0.05) is 0 Å². The van der Waals surface area contributed by atoms with Gasteiger partial charge in [-0.05, 0) is 49.6 Å². The topological polar surface area (TPSA) is 55.5 Å². The molecule has 0 fully saturated rings. The summed E-state index contributed by atoms with van der Waals surface area (Å²) in [6.07, 6.45) is 2.92. The molecule has 0 saturated heterocycles. The second-order valence-electron chi connectivity index (χ2n) is 3.24. The number of unbranched alkanes of at least 4 members (excludes halogenated alkanes) is 1. The Hall–Kier alpha value is -1.22. The summed E-state index contributed by atoms with van der Waals surface area (Å²) >= 11 is 0. The van der Waals surface area contributed by atoms with E-state index in [1.54, 1.807) is 25.3 Å². The highest BCUT2D eigenvalue weighted by Crippen LogP contribution is 2.24. The number of aromatic hydroxyl groups is 1. The predicted octanol–water partition coefficient (Wildman–Crippen LogP) is 1.68. The molecule has 1 aromatic rings. The summed E-state index contributed by atoms with van der Waals surface area (Å²) in [6.45, 7) is 0.709. The van der Waals surface area contributed by atoms with Gasteiger partial charge in [0.2, 0.25) is 0 Å². The van der Waals surface area contributed by atoms with Gasteiger partial charge in [-0.15, -0.1) is 0 Å². The second kappa shape index (κ2) is 5.50. The molecule has 1 rings (SSSR count). The fraction of sp³-hybridized carbons (Fsp3) is 0.455. The third-order valence-electron chi connectivity index (χ3n) is 2.16. The SMILES string of the molecule is COc1ccc(O)cc1CCCCN. The van der Waals surface area contributed by atoms with E-state index in [0.717, 1.165) is 30.6 Å². The van der Waals surface area contributed by atoms with E-state index in [9.17, 15) is 5.11 Å². The van der Waals surface area contributed by atoms with Crippen molar-refractivity contribution in [3.8, 4) is 11.5 Å². The molecule has 3 nitrogen and oxygen atoms in total. The number of nitrogens with two attached hydrogens (primary N) is 1. The number of ether oxygens (including phenoxy) is 1. The zero-order valence-electron chi connectivity index (χ0n) is 8.49. The van der Waals surface area contributed by atoms with E-state index in [4.69, 9.17) is 10.5 Å². The molecule has 0 atom stereocenters. The fourth-order valence-corrected chi connectivity index (χ4v) is 1.42. The molecule has 1 aromatic carbocycles. The van der Waals surface area contributed by atoms with Gasteiger partial charge in [0.25, 0.3) is 0 Å². The minimum atomic E-state index is 0.286. The summed E-state index contributed by atoms with van der Waals surface area (Å²) in [5.41, 5.74) is 6.46. The zero-order chi connectivity index (χ0) is 10.4. The summed E-state index contributed by atoms with van der Waals surface area (Å²) in [6, 6.07) is 5.16. The lowest BCUT2D eigenvalue weighted by Crippen LogP contribution is -1.99. The van der Waals surface area contributed by atoms with Crippen molar-refractivity contribution in [1.29, 1.82) is 0 Å². The first kappa shape index (κ1) is 10.9. The molecular weight excluding hydrogens is 178 g/mol. The first-order valence-corrected chi connectivity index (χ1v) is 4.84. The van der Waals surface area contributed by atoms with Crippen molar-refractivity contribution >= 4 is 0 Å². The van der Waals surface area contributed by atoms with E-state index in [-0.39, 0.29) is 5.75 Å². The molecule has 0 bridgehead atoms. The van der Waals surface area contributed by atoms with Crippen LogP contribution in [0.25, 0.3) is 0 Å². The molecule has 0 aliphatic heterocycles. The maximum absolute atomic E-state index is 9.31. The van der Waals surface area contributed by atoms with Crippen LogP contribution < -0.4 is 10.5 Å². The molecule has 0 unspecified atom stereocenters. The second-order valence-corrected chi connectivity index (χ2v) is 3.24. The normalized spacial score (nSPS) is 10.1. The molecule has 0 aliphatic carbocycles. The monoisotopic (exact) mass is 195 g/mol. The lowest BCUT2D eigenvalue weighted by atomic mass is 10.1. The van der Waals surface area contributed by atoms with Crippen LogP contribution in [0.2, 0.25) is 0 Å². The van der Waals surface area contributed by atoms with E-state index in [1.165, 1.54) is 0 Å². The van der Waals surface area contributed by atoms with Crippen molar-refractivity contribution in [2.45, 2.75) is 19.3 Å². The van der Waals surface area contributed by atoms with Crippen LogP contribution in [-0.2, 0) is 6.42 Å². The van der Waals surface area contributed by atoms with Crippen molar-refractivity contribution < 1.29 is 9.84 Å². The van der Waals surface area contributed by atoms with Crippen molar-refractivity contribution in [1.82, 2.24) is 0 Å². The fourth-order valence-electron chi connectivity index (χ4n) is 1.42. The molecule has 0 aromatic heterocycles. The smallest absolute Gasteiger partial charge is 0.122 e. The number of phenolic OH excluding ortho intramolecular Hbond substituents is 1. The molecule has 3 heteroatoms. The van der Waals surface area contributed by atoms with Gasteiger partial charge in [-0.1, -0.05) is 0 Å². The van der Waals surface area contributed by atoms with Gasteiger partial charge >= 0.3 is 0 Å². The van der Waals surface area contributed by atoms with Crippen LogP contribution in [0.5, 0.6) is 11.5 Å². The molecule has 0 radical (unpaired) electrons. The minimum absolute atomic E-state index is 0.286. The Labute approximate surface area is 84.5 Å². The van der Waals surface area contributed by atoms with Gasteiger partial charge in [-0.25, -0.2) is 0 Å². The van der Waals surface area contributed by atoms with Crippen molar-refractivity contribution in [3.05, 3.63) is 23.8 Å². The number of phenols is 1. The highest BCUT2D eigenvalue weighted by atomic mass is 16.5. The molecule has 0 heterocycles. The van der Waals surface area contributed by atoms with E-state index in [0.29, 0.717) is 6.54 Å². The molecular formula is C11H17NO2. The molecule has 78 valence electrons. The summed E-state index contributed by atoms with van der Waals surface area (Å²) in [5.74, 6) is 1.12. The summed E-state index contributed by atoms with van der Waals surface area (Å²) in [5, 5.41) is 9.31. The molecule has 0 spiro atoms. The lowest BCUT2D eigenvalue weighted by molar-refractivity contribution is 0.406. The molecule has 0 amide bonds. The third kappa shape index (κ3) is 2.92. The summed E-state index contributed by atoms with van der Waals surface area (Å²) in [4.78, 5) is 0. The van der Waals surface area contributed by atoms with Crippen LogP contribution in [0.3, 0.4) is 0 Å². The highest BCUT2D eigenvalue weighted by Gasteiger charge is 2.03. The highest BCUT2D eigenvalue weighted by molar-refractivity contribution is 5.39. The Kier molecular flexibility index (Phi) is 4.26. The quantitative estimate of drug-likeness (QED) is 0.703. The Morgan fingerprint density at radius 2 is 2.14 bits per heavy atom. The number of benzene rings is 1. The molecule has 0 aliphatic rings. The van der Waals surface area contributed by atoms with Crippen LogP contribution in [0.4, 0.5) is 0 Å². The third-order valence-corrected chi connectivity index (χ3v) is 2.16. The molecule has 0 saturated carbocycles. The van der Waals surface area contributed by atoms with Crippen molar-refractivity contribution in [2.24, 2.45) is 5.73 Å². The van der Waals surface area contributed by atoms with Crippen LogP contribution in [0.1, 0.15) is 18.4 Å². The van der Waals surface area contributed by atoms with Crippen molar-refractivity contribution in [2.75, 3.05) is 13.7 Å². The van der Waals surface area contributed by atoms with Gasteiger partial charge in [-0.2, -0.15) is 0 Å². The lowest BCUT2D eigenvalue weighted by Gasteiger charge is -2.08. The van der Waals surface area contributed by atoms with Gasteiger partial charge in [0.15, 0.2) is 0 Å². The van der Waals surface area contributed by atoms with Gasteiger partial charge in [0.1, 0.15) is 11.5 Å². The number of hydrogen-bond acceptors (Lipinski definition) is 3. The average molecular weight is 195 g/mol. The van der Waals surface area contributed by atoms with E-state index >= 15 is 0 Å². The predicted molar refractivity (Wildman–Crippen MR) is 56.7 cm³/mol. The standard InChI is InChI=1S/C11H17NO2/c1-14-11-6-5-10(13)8-9(11)4-2-3-7-12/h5-6,8,13H,2-4,7,12H2,1H3. The van der Waals surface area contributed by atoms with Crippen LogP contribution in [-0.4, -0.2) is 18.8 Å². The summed E-state index contributed by atoms with van der Waals surface area (Å²) in [7, 11) is 1.64. The van der Waals surface area contributed by atoms with E-state index in [2.05, 4.69) is 0 Å². The van der Waals surface area contributed by atoms with E-state index < -0.39 is 0 Å². The molecule has 14 heavy (non-hydrogen) atoms. The minimum Gasteiger partial charge on any atom is -0.508 e. The van der Waals surface area contributed by atoms with Crippen LogP contribution in [0, 0.1) is 0 Å². The Balaban J connectivity index is 2.67. The van der Waals surface area contributed by atoms with Crippen molar-refractivity contribution in [3.63, 3.8) is 0 Å². The van der Waals surface area contributed by atoms with Gasteiger partial charge < -0.3 is 15.6 Å². The van der Waals surface area contributed by atoms with Gasteiger partial charge in [0.05, 0.1) is 7.11 Å². The van der Waals surface area contributed by atoms with Gasteiger partial charge in [-0.3, -0.25) is 0 Å². The Bertz CT molecular complexity index is 287. The average Bonchev–Trinajstić information content (AvgIpc) is 2.19. The zero-order valence-corrected chi connectivity index (χ0v) is 8.49. The summed E-state index contributed by atoms with van der Waals surface area (Å²) < 4.78 is 5.19. The number of aryl methyl sites for hydroxylation is 1. The largest absolute Gasteiger partial charge is 0.508 e. The first-order chi connectivity index (χ1) is 6.77. The number of methoxy groups -OCH3 is 1. The maximum atomic E-state index is 9.31. The number of rotatable bonds is 5. The molecule has 3 N–H and O–H groups in total. The van der Waals surface area contributed by atoms with E-state index in [1.807, 2.05) is 0 Å². The van der Waals surface area contributed by atoms with Crippen LogP contribution >= 0.6 is 0 Å². The number of hydrogen-bond donors (Lipinski definition) is 2.